The van der Waals surface area contributed by atoms with Crippen LogP contribution >= 0.6 is 0 Å². The van der Waals surface area contributed by atoms with Gasteiger partial charge < -0.3 is 9.53 Å². The summed E-state index contributed by atoms with van der Waals surface area (Å²) >= 11 is 0. The monoisotopic (exact) mass is 246 g/mol. The summed E-state index contributed by atoms with van der Waals surface area (Å²) in [6, 6.07) is 10.1. The lowest BCUT2D eigenvalue weighted by atomic mass is 9.83. The number of rotatable bonds is 7. The van der Waals surface area contributed by atoms with Crippen molar-refractivity contribution in [3.8, 4) is 0 Å². The molecule has 0 spiro atoms. The predicted molar refractivity (Wildman–Crippen MR) is 74.3 cm³/mol. The summed E-state index contributed by atoms with van der Waals surface area (Å²) in [6.45, 7) is 6.64. The summed E-state index contributed by atoms with van der Waals surface area (Å²) < 4.78 is 5.94. The summed E-state index contributed by atoms with van der Waals surface area (Å²) in [7, 11) is 0. The molecule has 0 fully saturated rings. The second-order valence-corrected chi connectivity index (χ2v) is 5.10. The molecule has 2 nitrogen and oxygen atoms in total. The normalized spacial score (nSPS) is 13.7. The Morgan fingerprint density at radius 3 is 2.50 bits per heavy atom. The fourth-order valence-electron chi connectivity index (χ4n) is 1.81. The Balaban J connectivity index is 2.66. The van der Waals surface area contributed by atoms with Crippen LogP contribution in [0.25, 0.3) is 0 Å². The molecule has 0 saturated heterocycles. The van der Waals surface area contributed by atoms with E-state index in [0.29, 0.717) is 13.0 Å². The summed E-state index contributed by atoms with van der Waals surface area (Å²) in [5.74, 6) is 0. The van der Waals surface area contributed by atoms with E-state index in [1.807, 2.05) is 49.4 Å². The Morgan fingerprint density at radius 2 is 1.94 bits per heavy atom. The summed E-state index contributed by atoms with van der Waals surface area (Å²) in [5.41, 5.74) is 0.970. The second kappa shape index (κ2) is 7.12. The topological polar surface area (TPSA) is 26.3 Å². The molecule has 0 heterocycles. The zero-order valence-corrected chi connectivity index (χ0v) is 11.4. The summed E-state index contributed by atoms with van der Waals surface area (Å²) in [5, 5.41) is 0. The van der Waals surface area contributed by atoms with E-state index in [1.54, 1.807) is 0 Å². The molecule has 1 unspecified atom stereocenters. The minimum absolute atomic E-state index is 0.0482. The first-order valence-corrected chi connectivity index (χ1v) is 6.32. The Morgan fingerprint density at radius 1 is 1.28 bits per heavy atom. The summed E-state index contributed by atoms with van der Waals surface area (Å²) in [6.07, 6.45) is 5.40. The van der Waals surface area contributed by atoms with Gasteiger partial charge >= 0.3 is 0 Å². The number of carbonyl (C=O) groups excluding carboxylic acids is 1. The van der Waals surface area contributed by atoms with Crippen molar-refractivity contribution >= 4 is 6.29 Å². The molecular formula is C16H22O2. The van der Waals surface area contributed by atoms with Crippen molar-refractivity contribution in [3.63, 3.8) is 0 Å². The molecule has 0 aliphatic carbocycles. The molecule has 0 aromatic heterocycles. The van der Waals surface area contributed by atoms with Crippen LogP contribution in [0.3, 0.4) is 0 Å². The Kier molecular flexibility index (Phi) is 5.79. The highest BCUT2D eigenvalue weighted by Crippen LogP contribution is 2.28. The van der Waals surface area contributed by atoms with Gasteiger partial charge in [-0.05, 0) is 12.5 Å². The first kappa shape index (κ1) is 14.7. The molecule has 0 aliphatic heterocycles. The quantitative estimate of drug-likeness (QED) is 0.541. The highest BCUT2D eigenvalue weighted by molar-refractivity contribution is 5.50. The average Bonchev–Trinajstić information content (AvgIpc) is 2.35. The van der Waals surface area contributed by atoms with E-state index in [9.17, 15) is 4.79 Å². The lowest BCUT2D eigenvalue weighted by molar-refractivity contribution is -0.111. The first-order chi connectivity index (χ1) is 8.60. The van der Waals surface area contributed by atoms with Gasteiger partial charge in [-0.15, -0.1) is 0 Å². The minimum atomic E-state index is -0.178. The van der Waals surface area contributed by atoms with Gasteiger partial charge in [0.2, 0.25) is 0 Å². The molecule has 0 N–H and O–H groups in total. The highest BCUT2D eigenvalue weighted by Gasteiger charge is 2.27. The maximum atomic E-state index is 10.7. The number of carbonyl (C=O) groups is 1. The van der Waals surface area contributed by atoms with Crippen molar-refractivity contribution in [2.45, 2.75) is 39.9 Å². The number of hydrogen-bond donors (Lipinski definition) is 0. The average molecular weight is 246 g/mol. The number of allylic oxidation sites excluding steroid dienone is 1. The SMILES string of the molecule is CC=CC(OCc1ccccc1)C(C)(C)CC=O. The van der Waals surface area contributed by atoms with Gasteiger partial charge in [0.25, 0.3) is 0 Å². The fourth-order valence-corrected chi connectivity index (χ4v) is 1.81. The van der Waals surface area contributed by atoms with Crippen LogP contribution in [0.1, 0.15) is 32.8 Å². The Bertz CT molecular complexity index is 379. The molecule has 0 amide bonds. The van der Waals surface area contributed by atoms with E-state index in [-0.39, 0.29) is 11.5 Å². The van der Waals surface area contributed by atoms with Gasteiger partial charge in [-0.2, -0.15) is 0 Å². The van der Waals surface area contributed by atoms with Gasteiger partial charge in [0.05, 0.1) is 12.7 Å². The molecule has 1 rings (SSSR count). The van der Waals surface area contributed by atoms with Crippen LogP contribution in [0.2, 0.25) is 0 Å². The van der Waals surface area contributed by atoms with Gasteiger partial charge in [-0.1, -0.05) is 56.3 Å². The lowest BCUT2D eigenvalue weighted by Crippen LogP contribution is -2.30. The lowest BCUT2D eigenvalue weighted by Gasteiger charge is -2.30. The molecule has 1 aromatic rings. The van der Waals surface area contributed by atoms with E-state index in [1.165, 1.54) is 0 Å². The van der Waals surface area contributed by atoms with E-state index in [4.69, 9.17) is 4.74 Å². The van der Waals surface area contributed by atoms with Crippen LogP contribution in [0.5, 0.6) is 0 Å². The van der Waals surface area contributed by atoms with E-state index >= 15 is 0 Å². The molecule has 0 radical (unpaired) electrons. The van der Waals surface area contributed by atoms with Crippen LogP contribution in [-0.2, 0) is 16.1 Å². The van der Waals surface area contributed by atoms with Crippen LogP contribution < -0.4 is 0 Å². The fraction of sp³-hybridized carbons (Fsp3) is 0.438. The van der Waals surface area contributed by atoms with Crippen molar-refractivity contribution in [1.82, 2.24) is 0 Å². The van der Waals surface area contributed by atoms with Gasteiger partial charge in [0, 0.05) is 11.8 Å². The third-order valence-electron chi connectivity index (χ3n) is 3.02. The number of hydrogen-bond acceptors (Lipinski definition) is 2. The number of aldehydes is 1. The molecule has 0 bridgehead atoms. The zero-order chi connectivity index (χ0) is 13.4. The second-order valence-electron chi connectivity index (χ2n) is 5.10. The van der Waals surface area contributed by atoms with E-state index in [2.05, 4.69) is 13.8 Å². The first-order valence-electron chi connectivity index (χ1n) is 6.32. The van der Waals surface area contributed by atoms with Gasteiger partial charge in [-0.25, -0.2) is 0 Å². The van der Waals surface area contributed by atoms with E-state index in [0.717, 1.165) is 11.8 Å². The van der Waals surface area contributed by atoms with Crippen molar-refractivity contribution in [1.29, 1.82) is 0 Å². The molecule has 1 aromatic carbocycles. The van der Waals surface area contributed by atoms with Crippen LogP contribution in [0.4, 0.5) is 0 Å². The van der Waals surface area contributed by atoms with Crippen molar-refractivity contribution in [2.75, 3.05) is 0 Å². The molecular weight excluding hydrogens is 224 g/mol. The molecule has 0 saturated carbocycles. The van der Waals surface area contributed by atoms with Crippen molar-refractivity contribution in [3.05, 3.63) is 48.0 Å². The van der Waals surface area contributed by atoms with Gasteiger partial charge in [0.1, 0.15) is 6.29 Å². The minimum Gasteiger partial charge on any atom is -0.369 e. The van der Waals surface area contributed by atoms with Gasteiger partial charge in [-0.3, -0.25) is 0 Å². The maximum Gasteiger partial charge on any atom is 0.120 e. The predicted octanol–water partition coefficient (Wildman–Crippen LogP) is 3.76. The number of benzene rings is 1. The Hall–Kier alpha value is -1.41. The number of ether oxygens (including phenoxy) is 1. The largest absolute Gasteiger partial charge is 0.369 e. The van der Waals surface area contributed by atoms with Crippen LogP contribution in [0.15, 0.2) is 42.5 Å². The third-order valence-corrected chi connectivity index (χ3v) is 3.02. The highest BCUT2D eigenvalue weighted by atomic mass is 16.5. The molecule has 2 heteroatoms. The molecule has 98 valence electrons. The van der Waals surface area contributed by atoms with Crippen LogP contribution in [-0.4, -0.2) is 12.4 Å². The smallest absolute Gasteiger partial charge is 0.120 e. The maximum absolute atomic E-state index is 10.7. The molecule has 0 aliphatic rings. The third kappa shape index (κ3) is 4.46. The molecule has 18 heavy (non-hydrogen) atoms. The van der Waals surface area contributed by atoms with E-state index < -0.39 is 0 Å². The Labute approximate surface area is 110 Å². The molecule has 1 atom stereocenters. The standard InChI is InChI=1S/C16H22O2/c1-4-8-15(16(2,3)11-12-17)18-13-14-9-6-5-7-10-14/h4-10,12,15H,11,13H2,1-3H3. The van der Waals surface area contributed by atoms with Crippen LogP contribution in [0, 0.1) is 5.41 Å². The zero-order valence-electron chi connectivity index (χ0n) is 11.4. The van der Waals surface area contributed by atoms with Crippen molar-refractivity contribution < 1.29 is 9.53 Å². The van der Waals surface area contributed by atoms with Gasteiger partial charge in [0.15, 0.2) is 0 Å². The summed E-state index contributed by atoms with van der Waals surface area (Å²) in [4.78, 5) is 10.7. The van der Waals surface area contributed by atoms with Crippen molar-refractivity contribution in [2.24, 2.45) is 5.41 Å².